The van der Waals surface area contributed by atoms with Crippen molar-refractivity contribution in [1.82, 2.24) is 14.5 Å². The van der Waals surface area contributed by atoms with Crippen LogP contribution >= 0.6 is 11.3 Å². The van der Waals surface area contributed by atoms with Gasteiger partial charge in [0, 0.05) is 47.5 Å². The Labute approximate surface area is 213 Å². The molecule has 0 spiro atoms. The molecular formula is C25H25N5O4S2. The highest BCUT2D eigenvalue weighted by atomic mass is 32.2. The monoisotopic (exact) mass is 523 g/mol. The molecular weight excluding hydrogens is 498 g/mol. The summed E-state index contributed by atoms with van der Waals surface area (Å²) in [6.45, 7) is 4.55. The minimum absolute atomic E-state index is 0.0347. The molecule has 186 valence electrons. The van der Waals surface area contributed by atoms with E-state index < -0.39 is 16.1 Å². The van der Waals surface area contributed by atoms with Crippen LogP contribution in [0.25, 0.3) is 10.9 Å². The summed E-state index contributed by atoms with van der Waals surface area (Å²) in [5, 5.41) is 3.07. The average Bonchev–Trinajstić information content (AvgIpc) is 3.50. The Hall–Kier alpha value is -3.70. The van der Waals surface area contributed by atoms with Crippen molar-refractivity contribution in [2.24, 2.45) is 0 Å². The Morgan fingerprint density at radius 3 is 2.56 bits per heavy atom. The highest BCUT2D eigenvalue weighted by Gasteiger charge is 2.31. The maximum Gasteiger partial charge on any atom is 0.263 e. The Morgan fingerprint density at radius 2 is 1.86 bits per heavy atom. The van der Waals surface area contributed by atoms with E-state index in [2.05, 4.69) is 9.71 Å². The zero-order valence-electron chi connectivity index (χ0n) is 19.8. The molecule has 0 radical (unpaired) electrons. The first-order valence-corrected chi connectivity index (χ1v) is 13.8. The quantitative estimate of drug-likeness (QED) is 0.416. The summed E-state index contributed by atoms with van der Waals surface area (Å²) in [4.78, 5) is 33.4. The van der Waals surface area contributed by atoms with E-state index in [0.717, 1.165) is 16.5 Å². The molecule has 4 aromatic rings. The Balaban J connectivity index is 1.27. The maximum absolute atomic E-state index is 13.3. The number of carbonyl (C=O) groups is 2. The first-order valence-electron chi connectivity index (χ1n) is 11.4. The van der Waals surface area contributed by atoms with Crippen LogP contribution in [0, 0.1) is 6.92 Å². The van der Waals surface area contributed by atoms with Gasteiger partial charge in [0.25, 0.3) is 10.0 Å². The number of nitrogens with one attached hydrogen (secondary N) is 1. The lowest BCUT2D eigenvalue weighted by molar-refractivity contribution is -0.139. The van der Waals surface area contributed by atoms with Crippen molar-refractivity contribution < 1.29 is 18.0 Å². The van der Waals surface area contributed by atoms with Gasteiger partial charge in [-0.2, -0.15) is 0 Å². The number of sulfonamides is 1. The van der Waals surface area contributed by atoms with Gasteiger partial charge in [-0.1, -0.05) is 18.2 Å². The molecule has 5 rings (SSSR count). The number of aromatic nitrogens is 2. The minimum atomic E-state index is -3.77. The smallest absolute Gasteiger partial charge is 0.263 e. The molecule has 0 saturated carbocycles. The Morgan fingerprint density at radius 1 is 1.11 bits per heavy atom. The van der Waals surface area contributed by atoms with Gasteiger partial charge < -0.3 is 14.4 Å². The van der Waals surface area contributed by atoms with Crippen LogP contribution in [0.5, 0.6) is 0 Å². The van der Waals surface area contributed by atoms with E-state index in [1.54, 1.807) is 27.3 Å². The van der Waals surface area contributed by atoms with Crippen molar-refractivity contribution in [2.75, 3.05) is 29.3 Å². The summed E-state index contributed by atoms with van der Waals surface area (Å²) in [7, 11) is -3.77. The lowest BCUT2D eigenvalue weighted by Gasteiger charge is -2.35. The van der Waals surface area contributed by atoms with E-state index >= 15 is 0 Å². The fraction of sp³-hybridized carbons (Fsp3) is 0.240. The van der Waals surface area contributed by atoms with Crippen molar-refractivity contribution in [3.63, 3.8) is 0 Å². The molecule has 2 aromatic heterocycles. The van der Waals surface area contributed by atoms with E-state index in [9.17, 15) is 18.0 Å². The minimum Gasteiger partial charge on any atom is -0.335 e. The Bertz CT molecular complexity index is 1530. The molecule has 36 heavy (non-hydrogen) atoms. The predicted octanol–water partition coefficient (Wildman–Crippen LogP) is 3.64. The third kappa shape index (κ3) is 4.47. The number of fused-ring (bicyclic) bond motifs is 1. The second-order valence-corrected chi connectivity index (χ2v) is 11.2. The van der Waals surface area contributed by atoms with Gasteiger partial charge in [0.05, 0.1) is 4.90 Å². The molecule has 3 heterocycles. The van der Waals surface area contributed by atoms with Crippen LogP contribution in [-0.2, 0) is 19.6 Å². The molecule has 1 fully saturated rings. The number of anilines is 2. The van der Waals surface area contributed by atoms with Crippen LogP contribution < -0.4 is 9.62 Å². The Kier molecular flexibility index (Phi) is 6.27. The highest BCUT2D eigenvalue weighted by molar-refractivity contribution is 7.93. The van der Waals surface area contributed by atoms with Gasteiger partial charge in [-0.05, 0) is 49.7 Å². The maximum atomic E-state index is 13.3. The number of para-hydroxylation sites is 1. The standard InChI is InChI=1S/C25H25N5O4S2/c1-17-15-30(22-6-4-3-5-21(17)22)18(2)24(32)28-12-13-29(23(31)16-28)19-7-9-20(10-8-19)36(33,34)27-25-26-11-14-35-25/h3-11,14-15,18H,12-13,16H2,1-2H3,(H,26,27). The molecule has 1 N–H and O–H groups in total. The zero-order chi connectivity index (χ0) is 25.4. The number of hydrogen-bond acceptors (Lipinski definition) is 6. The second-order valence-electron chi connectivity index (χ2n) is 8.65. The molecule has 2 amide bonds. The van der Waals surface area contributed by atoms with Gasteiger partial charge in [-0.25, -0.2) is 13.4 Å². The molecule has 0 bridgehead atoms. The number of carbonyl (C=O) groups excluding carboxylic acids is 2. The molecule has 11 heteroatoms. The molecule has 1 unspecified atom stereocenters. The van der Waals surface area contributed by atoms with E-state index in [4.69, 9.17) is 0 Å². The van der Waals surface area contributed by atoms with Gasteiger partial charge >= 0.3 is 0 Å². The van der Waals surface area contributed by atoms with Gasteiger partial charge in [-0.3, -0.25) is 14.3 Å². The van der Waals surface area contributed by atoms with Gasteiger partial charge in [-0.15, -0.1) is 11.3 Å². The molecule has 1 atom stereocenters. The number of piperazine rings is 1. The third-order valence-electron chi connectivity index (χ3n) is 6.36. The summed E-state index contributed by atoms with van der Waals surface area (Å²) in [6, 6.07) is 13.6. The molecule has 1 saturated heterocycles. The summed E-state index contributed by atoms with van der Waals surface area (Å²) in [5.41, 5.74) is 2.67. The molecule has 1 aliphatic rings. The van der Waals surface area contributed by atoms with Crippen LogP contribution in [-0.4, -0.2) is 54.3 Å². The van der Waals surface area contributed by atoms with Crippen molar-refractivity contribution >= 4 is 54.9 Å². The van der Waals surface area contributed by atoms with Gasteiger partial charge in [0.15, 0.2) is 5.13 Å². The van der Waals surface area contributed by atoms with E-state index in [0.29, 0.717) is 18.8 Å². The number of benzene rings is 2. The first-order chi connectivity index (χ1) is 17.2. The normalized spacial score (nSPS) is 15.3. The van der Waals surface area contributed by atoms with Gasteiger partial charge in [0.1, 0.15) is 12.6 Å². The van der Waals surface area contributed by atoms with Crippen LogP contribution in [0.1, 0.15) is 18.5 Å². The molecule has 9 nitrogen and oxygen atoms in total. The van der Waals surface area contributed by atoms with Crippen LogP contribution in [0.3, 0.4) is 0 Å². The van der Waals surface area contributed by atoms with Crippen LogP contribution in [0.4, 0.5) is 10.8 Å². The van der Waals surface area contributed by atoms with Crippen molar-refractivity contribution in [2.45, 2.75) is 24.8 Å². The molecule has 2 aromatic carbocycles. The molecule has 0 aliphatic carbocycles. The highest BCUT2D eigenvalue weighted by Crippen LogP contribution is 2.27. The SMILES string of the molecule is Cc1cn(C(C)C(=O)N2CCN(c3ccc(S(=O)(=O)Nc4nccs4)cc3)C(=O)C2)c2ccccc12. The van der Waals surface area contributed by atoms with Crippen molar-refractivity contribution in [3.8, 4) is 0 Å². The number of rotatable bonds is 6. The first kappa shape index (κ1) is 24.0. The van der Waals surface area contributed by atoms with E-state index in [-0.39, 0.29) is 28.4 Å². The van der Waals surface area contributed by atoms with Crippen LogP contribution in [0.15, 0.2) is 71.2 Å². The predicted molar refractivity (Wildman–Crippen MR) is 140 cm³/mol. The number of thiazole rings is 1. The largest absolute Gasteiger partial charge is 0.335 e. The van der Waals surface area contributed by atoms with E-state index in [1.807, 2.05) is 48.9 Å². The van der Waals surface area contributed by atoms with Crippen LogP contribution in [0.2, 0.25) is 0 Å². The zero-order valence-corrected chi connectivity index (χ0v) is 21.4. The summed E-state index contributed by atoms with van der Waals surface area (Å²) in [5.74, 6) is -0.328. The summed E-state index contributed by atoms with van der Waals surface area (Å²) >= 11 is 1.19. The lowest BCUT2D eigenvalue weighted by atomic mass is 10.2. The van der Waals surface area contributed by atoms with Crippen molar-refractivity contribution in [1.29, 1.82) is 0 Å². The second kappa shape index (κ2) is 9.40. The third-order valence-corrected chi connectivity index (χ3v) is 8.53. The van der Waals surface area contributed by atoms with Crippen molar-refractivity contribution in [3.05, 3.63) is 71.9 Å². The number of nitrogens with zero attached hydrogens (tertiary/aromatic N) is 4. The average molecular weight is 524 g/mol. The van der Waals surface area contributed by atoms with Gasteiger partial charge in [0.2, 0.25) is 11.8 Å². The lowest BCUT2D eigenvalue weighted by Crippen LogP contribution is -2.53. The summed E-state index contributed by atoms with van der Waals surface area (Å²) in [6.07, 6.45) is 3.49. The molecule has 1 aliphatic heterocycles. The fourth-order valence-electron chi connectivity index (χ4n) is 4.47. The summed E-state index contributed by atoms with van der Waals surface area (Å²) < 4.78 is 29.5. The topological polar surface area (TPSA) is 105 Å². The fourth-order valence-corrected chi connectivity index (χ4v) is 6.26. The van der Waals surface area contributed by atoms with E-state index in [1.165, 1.54) is 29.7 Å². The number of amides is 2. The number of aryl methyl sites for hydroxylation is 1. The number of hydrogen-bond donors (Lipinski definition) is 1.